The molecule has 4 amide bonds. The van der Waals surface area contributed by atoms with E-state index in [1.807, 2.05) is 30.3 Å². The number of amides is 4. The Morgan fingerprint density at radius 2 is 1.54 bits per heavy atom. The number of likely N-dealkylation sites (tertiary alicyclic amines) is 1. The number of piperidine rings is 1. The number of benzene rings is 2. The number of hydrogen-bond acceptors (Lipinski definition) is 5. The Bertz CT molecular complexity index is 1150. The van der Waals surface area contributed by atoms with Gasteiger partial charge < -0.3 is 29.7 Å². The summed E-state index contributed by atoms with van der Waals surface area (Å²) in [5.41, 5.74) is 0.454. The van der Waals surface area contributed by atoms with E-state index in [2.05, 4.69) is 10.2 Å². The fraction of sp³-hybridized carbons (Fsp3) is 0.423. The molecule has 9 nitrogen and oxygen atoms in total. The molecule has 2 aromatic rings. The minimum atomic E-state index is -0.828. The second-order valence-corrected chi connectivity index (χ2v) is 10.3. The molecular formula is C26H29Cl2N5O4. The molecule has 1 N–H and O–H groups in total. The Labute approximate surface area is 225 Å². The fourth-order valence-electron chi connectivity index (χ4n) is 5.28. The van der Waals surface area contributed by atoms with Crippen LogP contribution in [0.15, 0.2) is 48.5 Å². The average molecular weight is 546 g/mol. The SMILES string of the molecule is O=C(CN1CN(c2ccccc2)C2(CCN(C(=O)Nc3c(Cl)cccc3Cl)CC2)C1=O)N1CCOCC1. The first-order chi connectivity index (χ1) is 17.9. The average Bonchev–Trinajstić information content (AvgIpc) is 3.18. The lowest BCUT2D eigenvalue weighted by molar-refractivity contribution is -0.143. The van der Waals surface area contributed by atoms with E-state index in [0.29, 0.717) is 74.6 Å². The Morgan fingerprint density at radius 3 is 2.19 bits per heavy atom. The van der Waals surface area contributed by atoms with Crippen LogP contribution in [0.4, 0.5) is 16.2 Å². The number of carbonyl (C=O) groups excluding carboxylic acids is 3. The van der Waals surface area contributed by atoms with E-state index in [9.17, 15) is 14.4 Å². The van der Waals surface area contributed by atoms with Crippen molar-refractivity contribution in [3.8, 4) is 0 Å². The Hall–Kier alpha value is -3.01. The van der Waals surface area contributed by atoms with Crippen molar-refractivity contribution in [2.45, 2.75) is 18.4 Å². The van der Waals surface area contributed by atoms with E-state index < -0.39 is 5.54 Å². The van der Waals surface area contributed by atoms with E-state index in [1.165, 1.54) is 0 Å². The van der Waals surface area contributed by atoms with Gasteiger partial charge in [-0.15, -0.1) is 0 Å². The Kier molecular flexibility index (Phi) is 7.46. The molecule has 3 aliphatic heterocycles. The van der Waals surface area contributed by atoms with E-state index in [-0.39, 0.29) is 24.4 Å². The van der Waals surface area contributed by atoms with Crippen LogP contribution in [0.5, 0.6) is 0 Å². The van der Waals surface area contributed by atoms with Gasteiger partial charge in [0.15, 0.2) is 0 Å². The molecule has 5 rings (SSSR count). The number of anilines is 2. The molecule has 11 heteroatoms. The van der Waals surface area contributed by atoms with Crippen molar-refractivity contribution in [3.63, 3.8) is 0 Å². The van der Waals surface area contributed by atoms with Crippen LogP contribution in [0.2, 0.25) is 10.0 Å². The number of hydrogen-bond donors (Lipinski definition) is 1. The van der Waals surface area contributed by atoms with E-state index >= 15 is 0 Å². The molecule has 3 saturated heterocycles. The van der Waals surface area contributed by atoms with Crippen molar-refractivity contribution >= 4 is 52.4 Å². The number of halogens is 2. The van der Waals surface area contributed by atoms with Gasteiger partial charge in [-0.1, -0.05) is 47.5 Å². The molecule has 0 radical (unpaired) electrons. The highest BCUT2D eigenvalue weighted by Crippen LogP contribution is 2.40. The molecule has 3 heterocycles. The first-order valence-corrected chi connectivity index (χ1v) is 13.1. The second kappa shape index (κ2) is 10.8. The number of morpholine rings is 1. The molecule has 1 spiro atoms. The van der Waals surface area contributed by atoms with Crippen LogP contribution in [0.25, 0.3) is 0 Å². The molecule has 3 aliphatic rings. The maximum Gasteiger partial charge on any atom is 0.321 e. The molecule has 0 atom stereocenters. The van der Waals surface area contributed by atoms with Gasteiger partial charge in [0, 0.05) is 31.9 Å². The van der Waals surface area contributed by atoms with Crippen molar-refractivity contribution in [1.82, 2.24) is 14.7 Å². The van der Waals surface area contributed by atoms with Gasteiger partial charge in [0.05, 0.1) is 35.6 Å². The van der Waals surface area contributed by atoms with Crippen LogP contribution in [0, 0.1) is 0 Å². The van der Waals surface area contributed by atoms with E-state index in [0.717, 1.165) is 5.69 Å². The number of rotatable bonds is 4. The van der Waals surface area contributed by atoms with Crippen LogP contribution < -0.4 is 10.2 Å². The van der Waals surface area contributed by atoms with Crippen LogP contribution in [-0.2, 0) is 14.3 Å². The normalized spacial score (nSPS) is 19.5. The molecular weight excluding hydrogens is 517 g/mol. The van der Waals surface area contributed by atoms with Crippen LogP contribution in [-0.4, -0.2) is 90.7 Å². The van der Waals surface area contributed by atoms with Gasteiger partial charge >= 0.3 is 6.03 Å². The second-order valence-electron chi connectivity index (χ2n) is 9.45. The fourth-order valence-corrected chi connectivity index (χ4v) is 5.77. The van der Waals surface area contributed by atoms with Crippen LogP contribution >= 0.6 is 23.2 Å². The minimum absolute atomic E-state index is 0.0269. The number of para-hydroxylation sites is 2. The lowest BCUT2D eigenvalue weighted by Gasteiger charge is -2.43. The molecule has 0 unspecified atom stereocenters. The summed E-state index contributed by atoms with van der Waals surface area (Å²) in [5, 5.41) is 3.52. The quantitative estimate of drug-likeness (QED) is 0.635. The monoisotopic (exact) mass is 545 g/mol. The molecule has 2 aromatic carbocycles. The van der Waals surface area contributed by atoms with Gasteiger partial charge in [-0.05, 0) is 37.1 Å². The van der Waals surface area contributed by atoms with Crippen LogP contribution in [0.3, 0.4) is 0 Å². The van der Waals surface area contributed by atoms with Gasteiger partial charge in [0.25, 0.3) is 5.91 Å². The third-order valence-electron chi connectivity index (χ3n) is 7.34. The molecule has 37 heavy (non-hydrogen) atoms. The van der Waals surface area contributed by atoms with Gasteiger partial charge in [0.1, 0.15) is 12.1 Å². The first-order valence-electron chi connectivity index (χ1n) is 12.4. The van der Waals surface area contributed by atoms with Gasteiger partial charge in [0.2, 0.25) is 5.91 Å². The summed E-state index contributed by atoms with van der Waals surface area (Å²) in [6.45, 7) is 3.18. The summed E-state index contributed by atoms with van der Waals surface area (Å²) in [4.78, 5) is 47.0. The number of ether oxygens (including phenoxy) is 1. The smallest absolute Gasteiger partial charge is 0.321 e. The number of nitrogens with one attached hydrogen (secondary N) is 1. The molecule has 3 fully saturated rings. The zero-order valence-electron chi connectivity index (χ0n) is 20.4. The minimum Gasteiger partial charge on any atom is -0.378 e. The number of nitrogens with zero attached hydrogens (tertiary/aromatic N) is 4. The Morgan fingerprint density at radius 1 is 0.892 bits per heavy atom. The van der Waals surface area contributed by atoms with Gasteiger partial charge in [-0.3, -0.25) is 9.59 Å². The summed E-state index contributed by atoms with van der Waals surface area (Å²) in [6.07, 6.45) is 0.874. The zero-order chi connectivity index (χ0) is 26.0. The van der Waals surface area contributed by atoms with Crippen molar-refractivity contribution in [2.75, 3.05) is 62.8 Å². The third kappa shape index (κ3) is 5.08. The number of carbonyl (C=O) groups is 3. The highest BCUT2D eigenvalue weighted by molar-refractivity contribution is 6.39. The highest BCUT2D eigenvalue weighted by atomic mass is 35.5. The van der Waals surface area contributed by atoms with Crippen molar-refractivity contribution in [2.24, 2.45) is 0 Å². The van der Waals surface area contributed by atoms with E-state index in [1.54, 1.807) is 32.9 Å². The van der Waals surface area contributed by atoms with Crippen molar-refractivity contribution in [3.05, 3.63) is 58.6 Å². The van der Waals surface area contributed by atoms with E-state index in [4.69, 9.17) is 27.9 Å². The molecule has 0 aromatic heterocycles. The molecule has 0 saturated carbocycles. The first kappa shape index (κ1) is 25.6. The maximum absolute atomic E-state index is 13.9. The summed E-state index contributed by atoms with van der Waals surface area (Å²) in [7, 11) is 0. The largest absolute Gasteiger partial charge is 0.378 e. The Balaban J connectivity index is 1.32. The zero-order valence-corrected chi connectivity index (χ0v) is 21.9. The van der Waals surface area contributed by atoms with Gasteiger partial charge in [-0.2, -0.15) is 0 Å². The topological polar surface area (TPSA) is 85.4 Å². The lowest BCUT2D eigenvalue weighted by atomic mass is 9.85. The van der Waals surface area contributed by atoms with Gasteiger partial charge in [-0.25, -0.2) is 4.79 Å². The summed E-state index contributed by atoms with van der Waals surface area (Å²) >= 11 is 12.4. The standard InChI is InChI=1S/C26H29Cl2N5O4/c27-20-7-4-8-21(28)23(20)29-25(36)31-11-9-26(10-12-31)24(35)32(17-22(34)30-13-15-37-16-14-30)18-33(26)19-5-2-1-3-6-19/h1-8H,9-18H2,(H,29,36). The van der Waals surface area contributed by atoms with Crippen molar-refractivity contribution in [1.29, 1.82) is 0 Å². The molecule has 0 bridgehead atoms. The van der Waals surface area contributed by atoms with Crippen LogP contribution in [0.1, 0.15) is 12.8 Å². The predicted octanol–water partition coefficient (Wildman–Crippen LogP) is 3.53. The lowest BCUT2D eigenvalue weighted by Crippen LogP contribution is -2.58. The number of urea groups is 1. The summed E-state index contributed by atoms with van der Waals surface area (Å²) in [6, 6.07) is 14.5. The summed E-state index contributed by atoms with van der Waals surface area (Å²) < 4.78 is 5.35. The van der Waals surface area contributed by atoms with Crippen molar-refractivity contribution < 1.29 is 19.1 Å². The maximum atomic E-state index is 13.9. The summed E-state index contributed by atoms with van der Waals surface area (Å²) in [5.74, 6) is -0.151. The molecule has 0 aliphatic carbocycles. The highest BCUT2D eigenvalue weighted by Gasteiger charge is 2.54. The predicted molar refractivity (Wildman–Crippen MR) is 142 cm³/mol. The molecule has 196 valence electrons. The third-order valence-corrected chi connectivity index (χ3v) is 7.97.